The van der Waals surface area contributed by atoms with Crippen LogP contribution < -0.4 is 5.73 Å². The third kappa shape index (κ3) is 11.3. The molecule has 0 radical (unpaired) electrons. The number of carboxylic acid groups (broad SMARTS) is 1. The Morgan fingerprint density at radius 1 is 0.574 bits per heavy atom. The number of epoxide rings is 2. The summed E-state index contributed by atoms with van der Waals surface area (Å²) in [7, 11) is 1.11. The molecule has 0 bridgehead atoms. The van der Waals surface area contributed by atoms with E-state index >= 15 is 0 Å². The predicted molar refractivity (Wildman–Crippen MR) is 206 cm³/mol. The molecule has 0 aromatic rings. The third-order valence-corrected chi connectivity index (χ3v) is 12.8. The second-order valence-corrected chi connectivity index (χ2v) is 17.4. The van der Waals surface area contributed by atoms with Crippen molar-refractivity contribution < 1.29 is 143 Å². The zero-order chi connectivity index (χ0) is 49.6. The van der Waals surface area contributed by atoms with Crippen LogP contribution in [-0.4, -0.2) is 289 Å². The molecule has 13 unspecified atom stereocenters. The topological polar surface area (TPSA) is 462 Å². The van der Waals surface area contributed by atoms with E-state index in [-0.39, 0.29) is 13.2 Å². The van der Waals surface area contributed by atoms with Crippen LogP contribution in [0.5, 0.6) is 0 Å². The fraction of sp³-hybridized carbons (Fsp3) is 0.974. The van der Waals surface area contributed by atoms with Crippen molar-refractivity contribution in [2.45, 2.75) is 192 Å². The molecule has 7 fully saturated rings. The summed E-state index contributed by atoms with van der Waals surface area (Å²) in [5.74, 6) is -3.44. The Labute approximate surface area is 385 Å². The van der Waals surface area contributed by atoms with Crippen LogP contribution in [0.25, 0.3) is 0 Å². The Hall–Kier alpha value is -1.65. The van der Waals surface area contributed by atoms with Gasteiger partial charge in [-0.05, 0) is 13.8 Å². The van der Waals surface area contributed by atoms with E-state index in [2.05, 4.69) is 0 Å². The number of hydrogen-bond donors (Lipinski definition) is 15. The van der Waals surface area contributed by atoms with E-state index in [1.807, 2.05) is 0 Å². The van der Waals surface area contributed by atoms with Crippen molar-refractivity contribution in [2.24, 2.45) is 11.7 Å². The molecule has 0 saturated carbocycles. The van der Waals surface area contributed by atoms with E-state index in [0.29, 0.717) is 0 Å². The summed E-state index contributed by atoms with van der Waals surface area (Å²) in [4.78, 5) is 11.6. The van der Waals surface area contributed by atoms with Gasteiger partial charge in [-0.1, -0.05) is 0 Å². The minimum atomic E-state index is -2.08. The van der Waals surface area contributed by atoms with Crippen LogP contribution in [-0.2, 0) is 71.1 Å². The highest BCUT2D eigenvalue weighted by molar-refractivity contribution is 5.73. The van der Waals surface area contributed by atoms with Gasteiger partial charge in [-0.3, -0.25) is 0 Å². The summed E-state index contributed by atoms with van der Waals surface area (Å²) in [6.45, 7) is 0.978. The lowest BCUT2D eigenvalue weighted by atomic mass is 9.84. The number of methoxy groups -OCH3 is 1. The first-order valence-corrected chi connectivity index (χ1v) is 21.9. The van der Waals surface area contributed by atoms with Crippen LogP contribution in [0.15, 0.2) is 0 Å². The molecule has 0 spiro atoms. The Bertz CT molecular complexity index is 1630. The van der Waals surface area contributed by atoms with Crippen LogP contribution in [0.1, 0.15) is 13.8 Å². The quantitative estimate of drug-likeness (QED) is 0.0602. The molecular weight excluding hydrogens is 934 g/mol. The fourth-order valence-electron chi connectivity index (χ4n) is 8.65. The first kappa shape index (κ1) is 54.1. The fourth-order valence-corrected chi connectivity index (χ4v) is 8.65. The van der Waals surface area contributed by atoms with Crippen LogP contribution >= 0.6 is 0 Å². The van der Waals surface area contributed by atoms with Crippen LogP contribution in [0.4, 0.5) is 0 Å². The number of hydrogen-bond acceptors (Lipinski definition) is 29. The van der Waals surface area contributed by atoms with E-state index in [0.717, 1.165) is 7.11 Å². The highest BCUT2D eigenvalue weighted by Gasteiger charge is 2.60. The van der Waals surface area contributed by atoms with Crippen molar-refractivity contribution in [1.82, 2.24) is 0 Å². The zero-order valence-corrected chi connectivity index (χ0v) is 36.6. The van der Waals surface area contributed by atoms with Gasteiger partial charge < -0.3 is 144 Å². The number of nitrogens with two attached hydrogens (primary N) is 1. The minimum Gasteiger partial charge on any atom is -0.479 e. The first-order valence-electron chi connectivity index (χ1n) is 21.9. The molecular formula is C38H63NO29. The first-order chi connectivity index (χ1) is 32.2. The molecule has 0 aromatic carbocycles. The molecule has 7 saturated heterocycles. The lowest BCUT2D eigenvalue weighted by Gasteiger charge is -2.47. The Morgan fingerprint density at radius 2 is 1.21 bits per heavy atom. The summed E-state index contributed by atoms with van der Waals surface area (Å²) in [5, 5.41) is 150. The van der Waals surface area contributed by atoms with E-state index in [1.165, 1.54) is 13.8 Å². The highest BCUT2D eigenvalue weighted by atomic mass is 16.9. The smallest absolute Gasteiger partial charge is 0.335 e. The lowest BCUT2D eigenvalue weighted by Crippen LogP contribution is -2.65. The number of aliphatic hydroxyl groups excluding tert-OH is 13. The number of aliphatic hydroxyl groups is 13. The molecule has 0 aliphatic carbocycles. The maximum absolute atomic E-state index is 12.2. The van der Waals surface area contributed by atoms with Crippen molar-refractivity contribution in [3.63, 3.8) is 0 Å². The highest BCUT2D eigenvalue weighted by Crippen LogP contribution is 2.41. The van der Waals surface area contributed by atoms with Crippen molar-refractivity contribution in [2.75, 3.05) is 33.5 Å². The maximum Gasteiger partial charge on any atom is 0.335 e. The van der Waals surface area contributed by atoms with Gasteiger partial charge in [-0.2, -0.15) is 0 Å². The van der Waals surface area contributed by atoms with Gasteiger partial charge in [0.15, 0.2) is 56.4 Å². The Balaban J connectivity index is 1.05. The van der Waals surface area contributed by atoms with Crippen molar-refractivity contribution in [1.29, 1.82) is 0 Å². The molecule has 16 N–H and O–H groups in total. The standard InChI is InChI=1S/C38H63NO29/c1-8-13(41)32(56-5-4-39)66-31(55-3)12(27-18(46)16(44)14(42)11(60-27)7-57-33-22(50)17(45)19(47)28(64-33)30(53)54)15(43)34(58-8)67-37-25(62-37)9(2)59-35-23(51)20(48)26(10(6-40)61-35)63-36-24(52)21(49)29-38(65-29)68-36/h8-29,31-38,40-52H,4-7,39H2,1-3H3,(H,53,54)/t8?,9-,10?,11?,12?,13+,14-,15?,16+,17+,18?,19+,20?,21?,22?,23+,24+,25-,26-,27-,28?,29-,31?,32-,33+,34-,35-,36+,37?,38?/m1/s1. The van der Waals surface area contributed by atoms with Gasteiger partial charge in [-0.15, -0.1) is 0 Å². The van der Waals surface area contributed by atoms with Gasteiger partial charge in [0, 0.05) is 13.7 Å². The predicted octanol–water partition coefficient (Wildman–Crippen LogP) is -10.1. The molecule has 0 aromatic heterocycles. The maximum atomic E-state index is 12.2. The van der Waals surface area contributed by atoms with E-state index in [9.17, 15) is 76.3 Å². The summed E-state index contributed by atoms with van der Waals surface area (Å²) < 4.78 is 79.3. The van der Waals surface area contributed by atoms with Crippen LogP contribution in [0.2, 0.25) is 0 Å². The van der Waals surface area contributed by atoms with E-state index < -0.39 is 204 Å². The van der Waals surface area contributed by atoms with Gasteiger partial charge >= 0.3 is 5.97 Å². The molecule has 7 aliphatic heterocycles. The molecule has 7 heterocycles. The number of aliphatic carboxylic acids is 1. The molecule has 30 atom stereocenters. The molecule has 30 nitrogen and oxygen atoms in total. The minimum absolute atomic E-state index is 0.0469. The number of carbonyl (C=O) groups is 1. The van der Waals surface area contributed by atoms with Crippen LogP contribution in [0, 0.1) is 5.92 Å². The summed E-state index contributed by atoms with van der Waals surface area (Å²) in [6.07, 6.45) is -47.7. The molecule has 7 aliphatic rings. The van der Waals surface area contributed by atoms with Gasteiger partial charge in [0.1, 0.15) is 104 Å². The zero-order valence-electron chi connectivity index (χ0n) is 36.6. The molecule has 68 heavy (non-hydrogen) atoms. The van der Waals surface area contributed by atoms with E-state index in [1.54, 1.807) is 0 Å². The van der Waals surface area contributed by atoms with Gasteiger partial charge in [0.2, 0.25) is 0 Å². The van der Waals surface area contributed by atoms with E-state index in [4.69, 9.17) is 72.0 Å². The van der Waals surface area contributed by atoms with Crippen molar-refractivity contribution in [3.8, 4) is 0 Å². The summed E-state index contributed by atoms with van der Waals surface area (Å²) in [5.41, 5.74) is 5.63. The third-order valence-electron chi connectivity index (χ3n) is 12.8. The lowest BCUT2D eigenvalue weighted by molar-refractivity contribution is -0.348. The van der Waals surface area contributed by atoms with Gasteiger partial charge in [0.25, 0.3) is 0 Å². The monoisotopic (exact) mass is 997 g/mol. The number of ether oxygens (including phenoxy) is 14. The normalized spacial score (nSPS) is 52.5. The molecule has 30 heteroatoms. The second kappa shape index (κ2) is 22.6. The largest absolute Gasteiger partial charge is 0.479 e. The molecule has 7 rings (SSSR count). The Morgan fingerprint density at radius 3 is 1.87 bits per heavy atom. The summed E-state index contributed by atoms with van der Waals surface area (Å²) in [6, 6.07) is 0. The van der Waals surface area contributed by atoms with Gasteiger partial charge in [-0.25, -0.2) is 4.79 Å². The Kier molecular flexibility index (Phi) is 18.0. The molecule has 0 amide bonds. The van der Waals surface area contributed by atoms with Crippen molar-refractivity contribution in [3.05, 3.63) is 0 Å². The summed E-state index contributed by atoms with van der Waals surface area (Å²) >= 11 is 0. The SMILES string of the molecule is COC1O[C@@H](OCCN)[C@@H](O)C(C)O[C@H](OC2O[C@@H]2[C@@H](C)O[C@@H]2OC(CO)[C@@H](O[C@H]3OC4O[C@@H]4C(O)[C@@H]3O)C(O)[C@@H]2O)C(O)C1[C@H]1OC(CO[C@H]2OC(C(=O)O)[C@@H](O)[C@H](O)C2O)[C@@H](O)[C@H](O)C1O. The van der Waals surface area contributed by atoms with Crippen molar-refractivity contribution >= 4 is 5.97 Å². The average Bonchev–Trinajstić information content (AvgIpc) is 4.26. The number of fused-ring (bicyclic) bond motifs is 1. The molecule has 394 valence electrons. The van der Waals surface area contributed by atoms with Crippen LogP contribution in [0.3, 0.4) is 0 Å². The van der Waals surface area contributed by atoms with Gasteiger partial charge in [0.05, 0.1) is 44.1 Å². The second-order valence-electron chi connectivity index (χ2n) is 17.4. The average molecular weight is 998 g/mol. The number of rotatable bonds is 17. The number of carboxylic acids is 1.